The normalized spacial score (nSPS) is 13.5. The zero-order valence-corrected chi connectivity index (χ0v) is 27.4. The Morgan fingerprint density at radius 1 is 1.00 bits per heavy atom. The number of carbonyl (C=O) groups excluding carboxylic acids is 1. The number of aromatic nitrogens is 1. The van der Waals surface area contributed by atoms with Gasteiger partial charge in [0.1, 0.15) is 19.0 Å². The van der Waals surface area contributed by atoms with Gasteiger partial charge in [-0.05, 0) is 92.1 Å². The Hall–Kier alpha value is -3.36. The van der Waals surface area contributed by atoms with Gasteiger partial charge in [-0.25, -0.2) is 0 Å². The van der Waals surface area contributed by atoms with Crippen LogP contribution in [0.25, 0.3) is 10.9 Å². The van der Waals surface area contributed by atoms with Crippen LogP contribution in [0.15, 0.2) is 66.7 Å². The Morgan fingerprint density at radius 2 is 1.71 bits per heavy atom. The molecule has 9 heteroatoms. The molecule has 1 aliphatic carbocycles. The van der Waals surface area contributed by atoms with E-state index in [9.17, 15) is 4.79 Å². The summed E-state index contributed by atoms with van der Waals surface area (Å²) in [6.45, 7) is 4.07. The number of methoxy groups -OCH3 is 1. The third-order valence-corrected chi connectivity index (χ3v) is 8.59. The number of nitrogens with two attached hydrogens (primary N) is 1. The number of hydrogen-bond donors (Lipinski definition) is 1. The van der Waals surface area contributed by atoms with Gasteiger partial charge in [-0.1, -0.05) is 53.5 Å². The quantitative estimate of drug-likeness (QED) is 0.129. The van der Waals surface area contributed by atoms with E-state index in [0.29, 0.717) is 54.3 Å². The van der Waals surface area contributed by atoms with Crippen LogP contribution in [0.4, 0.5) is 0 Å². The van der Waals surface area contributed by atoms with E-state index in [-0.39, 0.29) is 24.4 Å². The molecule has 1 aliphatic rings. The highest BCUT2D eigenvalue weighted by Gasteiger charge is 2.36. The lowest BCUT2D eigenvalue weighted by molar-refractivity contribution is -0.136. The van der Waals surface area contributed by atoms with E-state index in [0.717, 1.165) is 59.0 Å². The van der Waals surface area contributed by atoms with Crippen molar-refractivity contribution in [2.45, 2.75) is 51.6 Å². The highest BCUT2D eigenvalue weighted by molar-refractivity contribution is 6.37. The number of amides is 1. The lowest BCUT2D eigenvalue weighted by atomic mass is 9.97. The van der Waals surface area contributed by atoms with Gasteiger partial charge in [0.25, 0.3) is 0 Å². The third kappa shape index (κ3) is 8.88. The molecular formula is C36H41Cl2N3O4. The molecule has 1 amide bonds. The van der Waals surface area contributed by atoms with Crippen LogP contribution in [0.1, 0.15) is 41.6 Å². The zero-order chi connectivity index (χ0) is 31.8. The minimum absolute atomic E-state index is 0.104. The fourth-order valence-electron chi connectivity index (χ4n) is 5.56. The van der Waals surface area contributed by atoms with Gasteiger partial charge >= 0.3 is 0 Å². The first-order valence-electron chi connectivity index (χ1n) is 15.5. The summed E-state index contributed by atoms with van der Waals surface area (Å²) in [4.78, 5) is 20.9. The van der Waals surface area contributed by atoms with Crippen molar-refractivity contribution in [3.8, 4) is 11.5 Å². The fraction of sp³-hybridized carbons (Fsp3) is 0.389. The number of aryl methyl sites for hydroxylation is 2. The molecule has 3 aromatic carbocycles. The molecule has 1 fully saturated rings. The first-order chi connectivity index (χ1) is 21.9. The second-order valence-electron chi connectivity index (χ2n) is 11.6. The van der Waals surface area contributed by atoms with E-state index in [1.54, 1.807) is 7.11 Å². The summed E-state index contributed by atoms with van der Waals surface area (Å²) in [5, 5.41) is 2.04. The monoisotopic (exact) mass is 649 g/mol. The SMILES string of the molecule is COCCCc1cc(CN(C(=O)C(CN)Cc2ccc(OCCOc3c(Cl)cc(C)cc3Cl)cc2)C2CC2)c2ccccc2n1. The van der Waals surface area contributed by atoms with E-state index in [1.807, 2.05) is 66.4 Å². The molecule has 0 spiro atoms. The molecule has 1 saturated carbocycles. The number of rotatable bonds is 16. The molecule has 1 atom stereocenters. The molecular weight excluding hydrogens is 609 g/mol. The lowest BCUT2D eigenvalue weighted by Crippen LogP contribution is -2.41. The van der Waals surface area contributed by atoms with Crippen LogP contribution in [-0.4, -0.2) is 55.3 Å². The summed E-state index contributed by atoms with van der Waals surface area (Å²) >= 11 is 12.5. The maximum Gasteiger partial charge on any atom is 0.227 e. The second-order valence-corrected chi connectivity index (χ2v) is 12.4. The maximum atomic E-state index is 14.0. The molecule has 2 N–H and O–H groups in total. The number of carbonyl (C=O) groups is 1. The Kier molecular flexibility index (Phi) is 11.6. The van der Waals surface area contributed by atoms with Crippen molar-refractivity contribution >= 4 is 40.0 Å². The van der Waals surface area contributed by atoms with Gasteiger partial charge in [0.15, 0.2) is 5.75 Å². The van der Waals surface area contributed by atoms with Gasteiger partial charge in [0.2, 0.25) is 5.91 Å². The first kappa shape index (κ1) is 33.0. The Morgan fingerprint density at radius 3 is 2.40 bits per heavy atom. The number of para-hydroxylation sites is 1. The van der Waals surface area contributed by atoms with E-state index in [4.69, 9.17) is 48.1 Å². The molecule has 5 rings (SSSR count). The van der Waals surface area contributed by atoms with E-state index in [2.05, 4.69) is 12.1 Å². The van der Waals surface area contributed by atoms with Crippen LogP contribution in [0.5, 0.6) is 11.5 Å². The second kappa shape index (κ2) is 15.8. The summed E-state index contributed by atoms with van der Waals surface area (Å²) in [6, 6.07) is 22.0. The Bertz CT molecular complexity index is 1570. The Labute approximate surface area is 275 Å². The smallest absolute Gasteiger partial charge is 0.227 e. The van der Waals surface area contributed by atoms with Crippen LogP contribution in [0.3, 0.4) is 0 Å². The largest absolute Gasteiger partial charge is 0.490 e. The van der Waals surface area contributed by atoms with Gasteiger partial charge in [-0.3, -0.25) is 9.78 Å². The molecule has 4 aromatic rings. The van der Waals surface area contributed by atoms with Gasteiger partial charge in [-0.15, -0.1) is 0 Å². The third-order valence-electron chi connectivity index (χ3n) is 8.03. The van der Waals surface area contributed by atoms with Crippen LogP contribution in [0, 0.1) is 12.8 Å². The number of halogens is 2. The standard InChI is InChI=1S/C36H41Cl2N3O4/c1-24-18-32(37)35(33(38)19-24)45-17-16-44-30-13-9-25(10-14-30)20-26(22-39)36(42)41(29-11-12-29)23-27-21-28(6-5-15-43-2)40-34-8-4-3-7-31(27)34/h3-4,7-10,13-14,18-19,21,26,29H,5-6,11-12,15-17,20,22-23,39H2,1-2H3. The molecule has 1 heterocycles. The average Bonchev–Trinajstić information content (AvgIpc) is 3.87. The van der Waals surface area contributed by atoms with Crippen molar-refractivity contribution in [2.75, 3.05) is 33.5 Å². The van der Waals surface area contributed by atoms with E-state index < -0.39 is 0 Å². The summed E-state index contributed by atoms with van der Waals surface area (Å²) in [5.41, 5.74) is 11.3. The number of fused-ring (bicyclic) bond motifs is 1. The van der Waals surface area contributed by atoms with Crippen molar-refractivity contribution in [1.29, 1.82) is 0 Å². The van der Waals surface area contributed by atoms with Crippen LogP contribution < -0.4 is 15.2 Å². The minimum atomic E-state index is -0.316. The van der Waals surface area contributed by atoms with Crippen molar-refractivity contribution in [2.24, 2.45) is 11.7 Å². The highest BCUT2D eigenvalue weighted by Crippen LogP contribution is 2.34. The molecule has 45 heavy (non-hydrogen) atoms. The van der Waals surface area contributed by atoms with Crippen molar-refractivity contribution in [3.05, 3.63) is 99.2 Å². The average molecular weight is 651 g/mol. The van der Waals surface area contributed by atoms with Crippen LogP contribution >= 0.6 is 23.2 Å². The lowest BCUT2D eigenvalue weighted by Gasteiger charge is -2.28. The van der Waals surface area contributed by atoms with Crippen molar-refractivity contribution in [1.82, 2.24) is 9.88 Å². The first-order valence-corrected chi connectivity index (χ1v) is 16.3. The van der Waals surface area contributed by atoms with E-state index >= 15 is 0 Å². The number of pyridine rings is 1. The van der Waals surface area contributed by atoms with Gasteiger partial charge in [0, 0.05) is 43.9 Å². The number of hydrogen-bond acceptors (Lipinski definition) is 6. The molecule has 0 saturated heterocycles. The van der Waals surface area contributed by atoms with Crippen LogP contribution in [0.2, 0.25) is 10.0 Å². The predicted octanol–water partition coefficient (Wildman–Crippen LogP) is 7.20. The summed E-state index contributed by atoms with van der Waals surface area (Å²) in [5.74, 6) is 0.960. The minimum Gasteiger partial charge on any atom is -0.490 e. The van der Waals surface area contributed by atoms with Gasteiger partial charge in [-0.2, -0.15) is 0 Å². The molecule has 1 unspecified atom stereocenters. The summed E-state index contributed by atoms with van der Waals surface area (Å²) in [7, 11) is 1.71. The number of benzene rings is 3. The molecule has 0 aliphatic heterocycles. The predicted molar refractivity (Wildman–Crippen MR) is 180 cm³/mol. The topological polar surface area (TPSA) is 86.9 Å². The molecule has 0 bridgehead atoms. The molecule has 238 valence electrons. The summed E-state index contributed by atoms with van der Waals surface area (Å²) in [6.07, 6.45) is 4.33. The fourth-order valence-corrected chi connectivity index (χ4v) is 6.27. The van der Waals surface area contributed by atoms with Crippen molar-refractivity contribution < 1.29 is 19.0 Å². The van der Waals surface area contributed by atoms with Crippen LogP contribution in [-0.2, 0) is 28.9 Å². The zero-order valence-electron chi connectivity index (χ0n) is 25.9. The molecule has 7 nitrogen and oxygen atoms in total. The Balaban J connectivity index is 1.20. The highest BCUT2D eigenvalue weighted by atomic mass is 35.5. The van der Waals surface area contributed by atoms with E-state index in [1.165, 1.54) is 0 Å². The number of nitrogens with zero attached hydrogens (tertiary/aromatic N) is 2. The van der Waals surface area contributed by atoms with Gasteiger partial charge in [0.05, 0.1) is 21.5 Å². The maximum absolute atomic E-state index is 14.0. The summed E-state index contributed by atoms with van der Waals surface area (Å²) < 4.78 is 16.9. The van der Waals surface area contributed by atoms with Gasteiger partial charge < -0.3 is 24.8 Å². The molecule has 1 aromatic heterocycles. The molecule has 0 radical (unpaired) electrons. The van der Waals surface area contributed by atoms with Crippen molar-refractivity contribution in [3.63, 3.8) is 0 Å². The number of ether oxygens (including phenoxy) is 3.